The standard InChI is InChI=1S/C19H40Si/c1-7-8-9-10-11-12-13-14-15-16-17-18(2)19(3)20(4,5)6/h18H,3,7-17H2,1-2,4-6H3. The summed E-state index contributed by atoms with van der Waals surface area (Å²) < 4.78 is 0. The Morgan fingerprint density at radius 3 is 1.60 bits per heavy atom. The monoisotopic (exact) mass is 296 g/mol. The van der Waals surface area contributed by atoms with E-state index in [0.29, 0.717) is 0 Å². The molecule has 0 aliphatic carbocycles. The fraction of sp³-hybridized carbons (Fsp3) is 0.895. The van der Waals surface area contributed by atoms with Crippen LogP contribution < -0.4 is 0 Å². The van der Waals surface area contributed by atoms with Gasteiger partial charge in [0.15, 0.2) is 0 Å². The van der Waals surface area contributed by atoms with Crippen LogP contribution in [0.15, 0.2) is 11.8 Å². The Morgan fingerprint density at radius 1 is 0.800 bits per heavy atom. The average Bonchev–Trinajstić information content (AvgIpc) is 2.38. The van der Waals surface area contributed by atoms with E-state index >= 15 is 0 Å². The molecule has 0 heterocycles. The zero-order valence-corrected chi connectivity index (χ0v) is 16.1. The minimum atomic E-state index is -1.12. The normalized spacial score (nSPS) is 13.4. The van der Waals surface area contributed by atoms with Gasteiger partial charge in [0.1, 0.15) is 0 Å². The second-order valence-electron chi connectivity index (χ2n) is 7.65. The molecule has 0 saturated carbocycles. The Hall–Kier alpha value is -0.0431. The van der Waals surface area contributed by atoms with E-state index in [4.69, 9.17) is 0 Å². The maximum atomic E-state index is 4.35. The molecule has 0 nitrogen and oxygen atoms in total. The third-order valence-electron chi connectivity index (χ3n) is 4.55. The molecule has 120 valence electrons. The van der Waals surface area contributed by atoms with Crippen molar-refractivity contribution >= 4 is 8.07 Å². The quantitative estimate of drug-likeness (QED) is 0.246. The van der Waals surface area contributed by atoms with Crippen molar-refractivity contribution in [2.45, 2.75) is 104 Å². The Kier molecular flexibility index (Phi) is 11.6. The van der Waals surface area contributed by atoms with Crippen LogP contribution in [-0.4, -0.2) is 8.07 Å². The average molecular weight is 297 g/mol. The van der Waals surface area contributed by atoms with Gasteiger partial charge in [-0.1, -0.05) is 103 Å². The van der Waals surface area contributed by atoms with Crippen LogP contribution in [0.2, 0.25) is 19.6 Å². The third kappa shape index (κ3) is 10.7. The summed E-state index contributed by atoms with van der Waals surface area (Å²) in [5.74, 6) is 0.746. The molecule has 1 heteroatoms. The summed E-state index contributed by atoms with van der Waals surface area (Å²) in [6.07, 6.45) is 15.7. The van der Waals surface area contributed by atoms with Crippen molar-refractivity contribution < 1.29 is 0 Å². The molecule has 0 saturated heterocycles. The molecular formula is C19H40Si. The fourth-order valence-electron chi connectivity index (χ4n) is 2.85. The summed E-state index contributed by atoms with van der Waals surface area (Å²) in [6, 6.07) is 0. The van der Waals surface area contributed by atoms with Crippen molar-refractivity contribution in [2.24, 2.45) is 5.92 Å². The highest BCUT2D eigenvalue weighted by atomic mass is 28.3. The topological polar surface area (TPSA) is 0 Å². The van der Waals surface area contributed by atoms with E-state index in [1.165, 1.54) is 70.6 Å². The molecule has 20 heavy (non-hydrogen) atoms. The highest BCUT2D eigenvalue weighted by Crippen LogP contribution is 2.25. The third-order valence-corrected chi connectivity index (χ3v) is 6.97. The van der Waals surface area contributed by atoms with Crippen LogP contribution in [0.5, 0.6) is 0 Å². The molecule has 0 bridgehead atoms. The van der Waals surface area contributed by atoms with Crippen LogP contribution in [0.3, 0.4) is 0 Å². The van der Waals surface area contributed by atoms with Crippen LogP contribution in [0.25, 0.3) is 0 Å². The van der Waals surface area contributed by atoms with Crippen LogP contribution in [0.4, 0.5) is 0 Å². The van der Waals surface area contributed by atoms with Crippen molar-refractivity contribution in [1.82, 2.24) is 0 Å². The van der Waals surface area contributed by atoms with Gasteiger partial charge in [0.05, 0.1) is 8.07 Å². The van der Waals surface area contributed by atoms with E-state index in [0.717, 1.165) is 5.92 Å². The molecule has 0 N–H and O–H groups in total. The first-order chi connectivity index (χ1) is 9.39. The summed E-state index contributed by atoms with van der Waals surface area (Å²) in [7, 11) is -1.12. The molecule has 0 radical (unpaired) electrons. The van der Waals surface area contributed by atoms with E-state index in [9.17, 15) is 0 Å². The predicted molar refractivity (Wildman–Crippen MR) is 98.1 cm³/mol. The van der Waals surface area contributed by atoms with Crippen LogP contribution >= 0.6 is 0 Å². The minimum Gasteiger partial charge on any atom is -0.103 e. The molecule has 0 aromatic carbocycles. The lowest BCUT2D eigenvalue weighted by molar-refractivity contribution is 0.522. The van der Waals surface area contributed by atoms with Crippen LogP contribution in [0, 0.1) is 5.92 Å². The first-order valence-corrected chi connectivity index (χ1v) is 12.6. The second-order valence-corrected chi connectivity index (χ2v) is 12.8. The summed E-state index contributed by atoms with van der Waals surface area (Å²) in [6.45, 7) is 16.3. The summed E-state index contributed by atoms with van der Waals surface area (Å²) in [5.41, 5.74) is 0. The Bertz CT molecular complexity index is 237. The van der Waals surface area contributed by atoms with E-state index in [-0.39, 0.29) is 0 Å². The number of allylic oxidation sites excluding steroid dienone is 1. The van der Waals surface area contributed by atoms with Crippen molar-refractivity contribution in [3.05, 3.63) is 11.8 Å². The lowest BCUT2D eigenvalue weighted by Gasteiger charge is -2.25. The van der Waals surface area contributed by atoms with Crippen molar-refractivity contribution in [2.75, 3.05) is 0 Å². The molecule has 1 unspecified atom stereocenters. The van der Waals surface area contributed by atoms with Gasteiger partial charge in [-0.3, -0.25) is 0 Å². The van der Waals surface area contributed by atoms with E-state index in [2.05, 4.69) is 40.1 Å². The van der Waals surface area contributed by atoms with Gasteiger partial charge in [-0.05, 0) is 12.3 Å². The van der Waals surface area contributed by atoms with Crippen LogP contribution in [-0.2, 0) is 0 Å². The predicted octanol–water partition coefficient (Wildman–Crippen LogP) is 7.37. The summed E-state index contributed by atoms with van der Waals surface area (Å²) in [4.78, 5) is 0. The molecule has 0 aliphatic rings. The molecule has 0 aliphatic heterocycles. The molecule has 0 aromatic heterocycles. The molecular weight excluding hydrogens is 256 g/mol. The van der Waals surface area contributed by atoms with Gasteiger partial charge >= 0.3 is 0 Å². The second kappa shape index (κ2) is 11.6. The highest BCUT2D eigenvalue weighted by molar-refractivity contribution is 6.83. The number of rotatable bonds is 13. The lowest BCUT2D eigenvalue weighted by Crippen LogP contribution is -2.27. The maximum Gasteiger partial charge on any atom is 0.0720 e. The van der Waals surface area contributed by atoms with E-state index in [1.807, 2.05) is 0 Å². The molecule has 0 fully saturated rings. The zero-order chi connectivity index (χ0) is 15.4. The number of hydrogen-bond acceptors (Lipinski definition) is 0. The Labute approximate surface area is 130 Å². The van der Waals surface area contributed by atoms with Gasteiger partial charge in [0.2, 0.25) is 0 Å². The molecule has 0 amide bonds. The summed E-state index contributed by atoms with van der Waals surface area (Å²) in [5, 5.41) is 1.56. The van der Waals surface area contributed by atoms with Gasteiger partial charge in [0.25, 0.3) is 0 Å². The maximum absolute atomic E-state index is 4.35. The van der Waals surface area contributed by atoms with Gasteiger partial charge in [0, 0.05) is 0 Å². The van der Waals surface area contributed by atoms with Gasteiger partial charge in [-0.15, -0.1) is 6.58 Å². The zero-order valence-electron chi connectivity index (χ0n) is 15.1. The largest absolute Gasteiger partial charge is 0.103 e. The van der Waals surface area contributed by atoms with E-state index in [1.54, 1.807) is 5.20 Å². The fourth-order valence-corrected chi connectivity index (χ4v) is 4.47. The molecule has 1 atom stereocenters. The SMILES string of the molecule is C=C(C(C)CCCCCCCCCCCC)[Si](C)(C)C. The number of unbranched alkanes of at least 4 members (excludes halogenated alkanes) is 9. The van der Waals surface area contributed by atoms with Crippen molar-refractivity contribution in [3.63, 3.8) is 0 Å². The van der Waals surface area contributed by atoms with Gasteiger partial charge in [-0.2, -0.15) is 0 Å². The molecule has 0 spiro atoms. The highest BCUT2D eigenvalue weighted by Gasteiger charge is 2.21. The van der Waals surface area contributed by atoms with E-state index < -0.39 is 8.07 Å². The summed E-state index contributed by atoms with van der Waals surface area (Å²) >= 11 is 0. The Balaban J connectivity index is 3.38. The van der Waals surface area contributed by atoms with Crippen LogP contribution in [0.1, 0.15) is 84.5 Å². The van der Waals surface area contributed by atoms with Crippen molar-refractivity contribution in [1.29, 1.82) is 0 Å². The first-order valence-electron chi connectivity index (χ1n) is 9.08. The number of hydrogen-bond donors (Lipinski definition) is 0. The minimum absolute atomic E-state index is 0.746. The first kappa shape index (κ1) is 20.0. The Morgan fingerprint density at radius 2 is 1.20 bits per heavy atom. The van der Waals surface area contributed by atoms with Gasteiger partial charge < -0.3 is 0 Å². The van der Waals surface area contributed by atoms with Gasteiger partial charge in [-0.25, -0.2) is 0 Å². The smallest absolute Gasteiger partial charge is 0.0720 e. The molecule has 0 aromatic rings. The lowest BCUT2D eigenvalue weighted by atomic mass is 10.0. The molecule has 0 rings (SSSR count). The van der Waals surface area contributed by atoms with Crippen molar-refractivity contribution in [3.8, 4) is 0 Å².